The Morgan fingerprint density at radius 2 is 1.67 bits per heavy atom. The van der Waals surface area contributed by atoms with E-state index in [1.165, 1.54) is 37.8 Å². The molecule has 2 aromatic rings. The molecule has 24 heavy (non-hydrogen) atoms. The first-order valence-electron chi connectivity index (χ1n) is 8.61. The highest BCUT2D eigenvalue weighted by molar-refractivity contribution is 5.85. The van der Waals surface area contributed by atoms with Crippen molar-refractivity contribution in [1.82, 2.24) is 4.90 Å². The summed E-state index contributed by atoms with van der Waals surface area (Å²) >= 11 is 0. The number of halogens is 1. The van der Waals surface area contributed by atoms with Gasteiger partial charge in [0.05, 0.1) is 11.6 Å². The minimum atomic E-state index is 0. The number of hydrogen-bond acceptors (Lipinski definition) is 2. The maximum Gasteiger partial charge on any atom is 0.0991 e. The number of piperidine rings is 1. The van der Waals surface area contributed by atoms with Crippen LogP contribution in [0.1, 0.15) is 35.1 Å². The van der Waals surface area contributed by atoms with Crippen molar-refractivity contribution in [1.29, 1.82) is 5.26 Å². The van der Waals surface area contributed by atoms with Gasteiger partial charge in [-0.05, 0) is 60.4 Å². The number of nitrogens with zero attached hydrogens (tertiary/aromatic N) is 2. The van der Waals surface area contributed by atoms with Crippen LogP contribution in [0.5, 0.6) is 0 Å². The number of benzene rings is 2. The van der Waals surface area contributed by atoms with Crippen molar-refractivity contribution < 1.29 is 0 Å². The lowest BCUT2D eigenvalue weighted by Crippen LogP contribution is -2.46. The average Bonchev–Trinajstić information content (AvgIpc) is 2.56. The molecule has 0 amide bonds. The first-order chi connectivity index (χ1) is 11.3. The highest BCUT2D eigenvalue weighted by Gasteiger charge is 2.31. The zero-order valence-corrected chi connectivity index (χ0v) is 14.6. The molecule has 3 heteroatoms. The van der Waals surface area contributed by atoms with E-state index >= 15 is 0 Å². The fourth-order valence-corrected chi connectivity index (χ4v) is 4.21. The van der Waals surface area contributed by atoms with Crippen LogP contribution in [-0.4, -0.2) is 17.5 Å². The quantitative estimate of drug-likeness (QED) is 0.813. The van der Waals surface area contributed by atoms with E-state index in [2.05, 4.69) is 47.4 Å². The van der Waals surface area contributed by atoms with Gasteiger partial charge in [-0.2, -0.15) is 5.26 Å². The summed E-state index contributed by atoms with van der Waals surface area (Å²) in [6, 6.07) is 19.9. The molecule has 3 aliphatic rings. The molecular formula is C21H23ClN2. The molecule has 0 radical (unpaired) electrons. The summed E-state index contributed by atoms with van der Waals surface area (Å²) < 4.78 is 0. The molecule has 2 nitrogen and oxygen atoms in total. The van der Waals surface area contributed by atoms with Crippen LogP contribution < -0.4 is 0 Å². The third-order valence-corrected chi connectivity index (χ3v) is 5.47. The first-order valence-corrected chi connectivity index (χ1v) is 8.61. The number of hydrogen-bond donors (Lipinski definition) is 0. The predicted octanol–water partition coefficient (Wildman–Crippen LogP) is 4.36. The van der Waals surface area contributed by atoms with Crippen LogP contribution in [0.4, 0.5) is 0 Å². The highest BCUT2D eigenvalue weighted by Crippen LogP contribution is 2.33. The van der Waals surface area contributed by atoms with Gasteiger partial charge in [0.25, 0.3) is 0 Å². The van der Waals surface area contributed by atoms with Crippen molar-refractivity contribution >= 4 is 12.4 Å². The van der Waals surface area contributed by atoms with Gasteiger partial charge >= 0.3 is 0 Å². The van der Waals surface area contributed by atoms with E-state index in [-0.39, 0.29) is 12.4 Å². The van der Waals surface area contributed by atoms with Crippen LogP contribution in [0.2, 0.25) is 0 Å². The van der Waals surface area contributed by atoms with Crippen molar-refractivity contribution in [2.24, 2.45) is 5.92 Å². The number of nitriles is 1. The Bertz CT molecular complexity index is 732. The van der Waals surface area contributed by atoms with E-state index in [1.54, 1.807) is 11.1 Å². The molecule has 2 atom stereocenters. The molecule has 2 heterocycles. The van der Waals surface area contributed by atoms with Gasteiger partial charge < -0.3 is 0 Å². The summed E-state index contributed by atoms with van der Waals surface area (Å²) in [6.45, 7) is 2.22. The molecule has 1 fully saturated rings. The molecule has 2 bridgehead atoms. The zero-order valence-electron chi connectivity index (χ0n) is 13.8. The second kappa shape index (κ2) is 7.38. The molecular weight excluding hydrogens is 316 g/mol. The first kappa shape index (κ1) is 17.0. The van der Waals surface area contributed by atoms with Gasteiger partial charge in [0, 0.05) is 19.1 Å². The minimum absolute atomic E-state index is 0. The summed E-state index contributed by atoms with van der Waals surface area (Å²) in [5, 5.41) is 8.94. The van der Waals surface area contributed by atoms with Crippen molar-refractivity contribution in [2.45, 2.75) is 38.3 Å². The summed E-state index contributed by atoms with van der Waals surface area (Å²) in [7, 11) is 0. The number of rotatable bonds is 2. The number of fused-ring (bicyclic) bond motifs is 2. The van der Waals surface area contributed by atoms with Crippen LogP contribution in [-0.2, 0) is 19.4 Å². The van der Waals surface area contributed by atoms with E-state index < -0.39 is 0 Å². The molecule has 0 aromatic heterocycles. The lowest BCUT2D eigenvalue weighted by molar-refractivity contribution is 0.0938. The average molecular weight is 339 g/mol. The van der Waals surface area contributed by atoms with Gasteiger partial charge in [-0.15, -0.1) is 12.4 Å². The molecule has 2 aromatic carbocycles. The lowest BCUT2D eigenvalue weighted by Gasteiger charge is -2.42. The van der Waals surface area contributed by atoms with E-state index in [9.17, 15) is 0 Å². The smallest absolute Gasteiger partial charge is 0.0991 e. The van der Waals surface area contributed by atoms with Crippen LogP contribution >= 0.6 is 12.4 Å². The fraction of sp³-hybridized carbons (Fsp3) is 0.381. The Hall–Kier alpha value is -1.82. The lowest BCUT2D eigenvalue weighted by atomic mass is 9.80. The molecule has 1 saturated heterocycles. The summed E-state index contributed by atoms with van der Waals surface area (Å²) in [4.78, 5) is 2.67. The molecule has 0 spiro atoms. The van der Waals surface area contributed by atoms with E-state index in [1.807, 2.05) is 12.1 Å². The molecule has 0 N–H and O–H groups in total. The maximum atomic E-state index is 8.94. The highest BCUT2D eigenvalue weighted by atomic mass is 35.5. The Morgan fingerprint density at radius 1 is 0.958 bits per heavy atom. The maximum absolute atomic E-state index is 8.94. The van der Waals surface area contributed by atoms with E-state index in [4.69, 9.17) is 5.26 Å². The summed E-state index contributed by atoms with van der Waals surface area (Å²) in [5.74, 6) is 0.783. The normalized spacial score (nSPS) is 22.6. The SMILES string of the molecule is Cl.N#Cc1ccc(CN2C[C@@H]3CC[C@H]2Cc2ccccc2C3)cc1. The Kier molecular flexibility index (Phi) is 5.23. The molecule has 0 saturated carbocycles. The molecule has 0 unspecified atom stereocenters. The zero-order chi connectivity index (χ0) is 15.6. The molecule has 2 aliphatic heterocycles. The molecule has 5 rings (SSSR count). The summed E-state index contributed by atoms with van der Waals surface area (Å²) in [6.07, 6.45) is 5.09. The van der Waals surface area contributed by atoms with Crippen molar-refractivity contribution in [3.8, 4) is 6.07 Å². The van der Waals surface area contributed by atoms with Gasteiger partial charge in [0.15, 0.2) is 0 Å². The van der Waals surface area contributed by atoms with Crippen LogP contribution in [0.3, 0.4) is 0 Å². The van der Waals surface area contributed by atoms with Crippen LogP contribution in [0, 0.1) is 17.2 Å². The summed E-state index contributed by atoms with van der Waals surface area (Å²) in [5.41, 5.74) is 5.19. The van der Waals surface area contributed by atoms with Crippen LogP contribution in [0.25, 0.3) is 0 Å². The van der Waals surface area contributed by atoms with Gasteiger partial charge in [0.1, 0.15) is 0 Å². The van der Waals surface area contributed by atoms with Crippen molar-refractivity contribution in [3.63, 3.8) is 0 Å². The van der Waals surface area contributed by atoms with E-state index in [0.29, 0.717) is 6.04 Å². The predicted molar refractivity (Wildman–Crippen MR) is 99.2 cm³/mol. The van der Waals surface area contributed by atoms with Gasteiger partial charge in [-0.3, -0.25) is 4.90 Å². The van der Waals surface area contributed by atoms with Gasteiger partial charge in [0.2, 0.25) is 0 Å². The second-order valence-corrected chi connectivity index (χ2v) is 7.01. The van der Waals surface area contributed by atoms with Gasteiger partial charge in [-0.1, -0.05) is 36.4 Å². The largest absolute Gasteiger partial charge is 0.296 e. The third kappa shape index (κ3) is 3.48. The molecule has 124 valence electrons. The Labute approximate surface area is 150 Å². The standard InChI is InChI=1S/C21H22N2.ClH/c22-13-16-5-7-17(8-6-16)14-23-15-18-9-10-21(23)12-20-4-2-1-3-19(20)11-18;/h1-8,18,21H,9-12,14-15H2;1H/t18-,21+;/m1./s1. The topological polar surface area (TPSA) is 27.0 Å². The Morgan fingerprint density at radius 3 is 2.38 bits per heavy atom. The van der Waals surface area contributed by atoms with Crippen LogP contribution in [0.15, 0.2) is 48.5 Å². The fourth-order valence-electron chi connectivity index (χ4n) is 4.21. The minimum Gasteiger partial charge on any atom is -0.296 e. The van der Waals surface area contributed by atoms with Crippen molar-refractivity contribution in [2.75, 3.05) is 6.54 Å². The monoisotopic (exact) mass is 338 g/mol. The third-order valence-electron chi connectivity index (χ3n) is 5.47. The second-order valence-electron chi connectivity index (χ2n) is 7.01. The molecule has 1 aliphatic carbocycles. The Balaban J connectivity index is 0.00000169. The van der Waals surface area contributed by atoms with Gasteiger partial charge in [-0.25, -0.2) is 0 Å². The van der Waals surface area contributed by atoms with E-state index in [0.717, 1.165) is 18.0 Å². The van der Waals surface area contributed by atoms with Crippen molar-refractivity contribution in [3.05, 3.63) is 70.8 Å².